The Morgan fingerprint density at radius 2 is 1.92 bits per heavy atom. The summed E-state index contributed by atoms with van der Waals surface area (Å²) in [6.07, 6.45) is 3.57. The van der Waals surface area contributed by atoms with Crippen LogP contribution in [0.4, 0.5) is 0 Å². The molecule has 4 nitrogen and oxygen atoms in total. The van der Waals surface area contributed by atoms with Crippen molar-refractivity contribution in [2.75, 3.05) is 26.2 Å². The molecule has 0 unspecified atom stereocenters. The number of benzene rings is 1. The number of rotatable bonds is 5. The zero-order valence-electron chi connectivity index (χ0n) is 15.2. The van der Waals surface area contributed by atoms with E-state index in [4.69, 9.17) is 16.3 Å². The van der Waals surface area contributed by atoms with E-state index in [0.29, 0.717) is 29.0 Å². The molecule has 0 saturated carbocycles. The minimum absolute atomic E-state index is 0.110. The Labute approximate surface area is 155 Å². The van der Waals surface area contributed by atoms with Crippen molar-refractivity contribution in [1.82, 2.24) is 10.2 Å². The van der Waals surface area contributed by atoms with Crippen molar-refractivity contribution in [2.24, 2.45) is 11.8 Å². The minimum Gasteiger partial charge on any atom is -0.378 e. The molecule has 3 rings (SSSR count). The molecule has 0 aliphatic carbocycles. The molecule has 0 bridgehead atoms. The molecule has 2 fully saturated rings. The SMILES string of the molecule is CC(C)[C@H]1OCC[C@@H]1CNC1CCN(C(=O)c2ccc(Cl)cc2)CC1. The molecule has 2 atom stereocenters. The highest BCUT2D eigenvalue weighted by Gasteiger charge is 2.31. The summed E-state index contributed by atoms with van der Waals surface area (Å²) in [5.41, 5.74) is 0.721. The van der Waals surface area contributed by atoms with Gasteiger partial charge in [-0.25, -0.2) is 0 Å². The van der Waals surface area contributed by atoms with E-state index in [1.807, 2.05) is 4.90 Å². The molecule has 0 spiro atoms. The first-order valence-electron chi connectivity index (χ1n) is 9.44. The summed E-state index contributed by atoms with van der Waals surface area (Å²) in [7, 11) is 0. The second-order valence-corrected chi connectivity index (χ2v) is 8.05. The maximum absolute atomic E-state index is 12.5. The molecular weight excluding hydrogens is 336 g/mol. The van der Waals surface area contributed by atoms with Crippen LogP contribution in [0.5, 0.6) is 0 Å². The summed E-state index contributed by atoms with van der Waals surface area (Å²) in [5, 5.41) is 4.38. The van der Waals surface area contributed by atoms with Crippen molar-refractivity contribution in [1.29, 1.82) is 0 Å². The van der Waals surface area contributed by atoms with E-state index in [9.17, 15) is 4.79 Å². The van der Waals surface area contributed by atoms with Gasteiger partial charge in [0, 0.05) is 42.9 Å². The average Bonchev–Trinajstić information content (AvgIpc) is 3.09. The monoisotopic (exact) mass is 364 g/mol. The first kappa shape index (κ1) is 18.7. The lowest BCUT2D eigenvalue weighted by atomic mass is 9.92. The van der Waals surface area contributed by atoms with Crippen LogP contribution in [0.2, 0.25) is 5.02 Å². The Morgan fingerprint density at radius 3 is 2.56 bits per heavy atom. The zero-order chi connectivity index (χ0) is 17.8. The van der Waals surface area contributed by atoms with Crippen LogP contribution in [0.15, 0.2) is 24.3 Å². The standard InChI is InChI=1S/C20H29ClN2O2/c1-14(2)19-16(9-12-25-19)13-22-18-7-10-23(11-8-18)20(24)15-3-5-17(21)6-4-15/h3-6,14,16,18-19,22H,7-13H2,1-2H3/t16-,19-/m1/s1. The van der Waals surface area contributed by atoms with Gasteiger partial charge >= 0.3 is 0 Å². The van der Waals surface area contributed by atoms with Gasteiger partial charge in [-0.15, -0.1) is 0 Å². The van der Waals surface area contributed by atoms with Gasteiger partial charge in [-0.2, -0.15) is 0 Å². The van der Waals surface area contributed by atoms with Crippen LogP contribution in [0.1, 0.15) is 43.5 Å². The molecule has 2 aliphatic heterocycles. The summed E-state index contributed by atoms with van der Waals surface area (Å²) in [6.45, 7) is 8.03. The molecule has 5 heteroatoms. The van der Waals surface area contributed by atoms with Crippen LogP contribution >= 0.6 is 11.6 Å². The van der Waals surface area contributed by atoms with Gasteiger partial charge in [0.15, 0.2) is 0 Å². The highest BCUT2D eigenvalue weighted by Crippen LogP contribution is 2.26. The van der Waals surface area contributed by atoms with Gasteiger partial charge in [-0.05, 0) is 55.4 Å². The number of piperidine rings is 1. The topological polar surface area (TPSA) is 41.6 Å². The van der Waals surface area contributed by atoms with Gasteiger partial charge in [-0.1, -0.05) is 25.4 Å². The van der Waals surface area contributed by atoms with E-state index in [1.54, 1.807) is 24.3 Å². The minimum atomic E-state index is 0.110. The Hall–Kier alpha value is -1.10. The molecule has 138 valence electrons. The maximum atomic E-state index is 12.5. The summed E-state index contributed by atoms with van der Waals surface area (Å²) in [4.78, 5) is 14.5. The molecule has 0 radical (unpaired) electrons. The number of amides is 1. The van der Waals surface area contributed by atoms with Crippen LogP contribution in [-0.4, -0.2) is 49.2 Å². The van der Waals surface area contributed by atoms with Crippen LogP contribution in [0.25, 0.3) is 0 Å². The predicted molar refractivity (Wildman–Crippen MR) is 101 cm³/mol. The van der Waals surface area contributed by atoms with E-state index in [2.05, 4.69) is 19.2 Å². The van der Waals surface area contributed by atoms with E-state index in [-0.39, 0.29) is 5.91 Å². The van der Waals surface area contributed by atoms with Crippen molar-refractivity contribution < 1.29 is 9.53 Å². The third-order valence-corrected chi connectivity index (χ3v) is 5.71. The Morgan fingerprint density at radius 1 is 1.24 bits per heavy atom. The highest BCUT2D eigenvalue weighted by atomic mass is 35.5. The molecule has 1 aromatic rings. The van der Waals surface area contributed by atoms with Gasteiger partial charge in [0.05, 0.1) is 6.10 Å². The summed E-state index contributed by atoms with van der Waals surface area (Å²) in [5.74, 6) is 1.31. The molecule has 1 N–H and O–H groups in total. The van der Waals surface area contributed by atoms with Crippen molar-refractivity contribution in [3.05, 3.63) is 34.9 Å². The Kier molecular flexibility index (Phi) is 6.37. The summed E-state index contributed by atoms with van der Waals surface area (Å²) >= 11 is 5.90. The first-order chi connectivity index (χ1) is 12.0. The lowest BCUT2D eigenvalue weighted by molar-refractivity contribution is 0.0522. The van der Waals surface area contributed by atoms with Gasteiger partial charge in [0.25, 0.3) is 5.91 Å². The normalized spacial score (nSPS) is 24.9. The fourth-order valence-electron chi connectivity index (χ4n) is 3.99. The summed E-state index contributed by atoms with van der Waals surface area (Å²) < 4.78 is 5.87. The fraction of sp³-hybridized carbons (Fsp3) is 0.650. The van der Waals surface area contributed by atoms with E-state index < -0.39 is 0 Å². The van der Waals surface area contributed by atoms with Crippen molar-refractivity contribution in [3.63, 3.8) is 0 Å². The number of nitrogens with one attached hydrogen (secondary N) is 1. The quantitative estimate of drug-likeness (QED) is 0.868. The molecule has 2 heterocycles. The van der Waals surface area contributed by atoms with Gasteiger partial charge in [0.2, 0.25) is 0 Å². The second-order valence-electron chi connectivity index (χ2n) is 7.61. The lowest BCUT2D eigenvalue weighted by Gasteiger charge is -2.33. The van der Waals surface area contributed by atoms with Crippen molar-refractivity contribution in [2.45, 2.75) is 45.3 Å². The number of carbonyl (C=O) groups excluding carboxylic acids is 1. The second kappa shape index (κ2) is 8.52. The van der Waals surface area contributed by atoms with E-state index in [0.717, 1.165) is 51.1 Å². The average molecular weight is 365 g/mol. The number of ether oxygens (including phenoxy) is 1. The first-order valence-corrected chi connectivity index (χ1v) is 9.82. The molecule has 1 amide bonds. The Balaban J connectivity index is 1.44. The molecule has 2 saturated heterocycles. The van der Waals surface area contributed by atoms with Crippen LogP contribution in [0, 0.1) is 11.8 Å². The molecule has 2 aliphatic rings. The molecule has 0 aromatic heterocycles. The van der Waals surface area contributed by atoms with Gasteiger partial charge in [-0.3, -0.25) is 4.79 Å². The molecule has 25 heavy (non-hydrogen) atoms. The van der Waals surface area contributed by atoms with Crippen LogP contribution in [0.3, 0.4) is 0 Å². The maximum Gasteiger partial charge on any atom is 0.253 e. The predicted octanol–water partition coefficient (Wildman–Crippen LogP) is 3.60. The number of likely N-dealkylation sites (tertiary alicyclic amines) is 1. The number of hydrogen-bond donors (Lipinski definition) is 1. The fourth-order valence-corrected chi connectivity index (χ4v) is 4.12. The number of nitrogens with zero attached hydrogens (tertiary/aromatic N) is 1. The van der Waals surface area contributed by atoms with Gasteiger partial charge < -0.3 is 15.0 Å². The third-order valence-electron chi connectivity index (χ3n) is 5.46. The lowest BCUT2D eigenvalue weighted by Crippen LogP contribution is -2.46. The smallest absolute Gasteiger partial charge is 0.253 e. The molecular formula is C20H29ClN2O2. The van der Waals surface area contributed by atoms with Crippen LogP contribution < -0.4 is 5.32 Å². The number of halogens is 1. The highest BCUT2D eigenvalue weighted by molar-refractivity contribution is 6.30. The zero-order valence-corrected chi connectivity index (χ0v) is 16.0. The third kappa shape index (κ3) is 4.75. The van der Waals surface area contributed by atoms with E-state index >= 15 is 0 Å². The Bertz CT molecular complexity index is 568. The molecule has 1 aromatic carbocycles. The van der Waals surface area contributed by atoms with Crippen LogP contribution in [-0.2, 0) is 4.74 Å². The largest absolute Gasteiger partial charge is 0.378 e. The summed E-state index contributed by atoms with van der Waals surface area (Å²) in [6, 6.07) is 7.67. The number of carbonyl (C=O) groups is 1. The van der Waals surface area contributed by atoms with Crippen molar-refractivity contribution in [3.8, 4) is 0 Å². The van der Waals surface area contributed by atoms with Gasteiger partial charge in [0.1, 0.15) is 0 Å². The van der Waals surface area contributed by atoms with Crippen molar-refractivity contribution >= 4 is 17.5 Å². The number of hydrogen-bond acceptors (Lipinski definition) is 3. The van der Waals surface area contributed by atoms with E-state index in [1.165, 1.54) is 0 Å².